The lowest BCUT2D eigenvalue weighted by Gasteiger charge is -2.15. The fourth-order valence-electron chi connectivity index (χ4n) is 8.66. The van der Waals surface area contributed by atoms with Crippen LogP contribution in [0.2, 0.25) is 0 Å². The van der Waals surface area contributed by atoms with Crippen molar-refractivity contribution in [2.24, 2.45) is 0 Å². The molecule has 53 heavy (non-hydrogen) atoms. The van der Waals surface area contributed by atoms with Gasteiger partial charge in [-0.1, -0.05) is 133 Å². The summed E-state index contributed by atoms with van der Waals surface area (Å²) >= 11 is 0. The lowest BCUT2D eigenvalue weighted by atomic mass is 10.1. The van der Waals surface area contributed by atoms with Gasteiger partial charge in [0.1, 0.15) is 11.2 Å². The molecule has 5 heteroatoms. The second kappa shape index (κ2) is 10.6. The zero-order chi connectivity index (χ0) is 34.6. The minimum absolute atomic E-state index is 0.630. The van der Waals surface area contributed by atoms with E-state index in [2.05, 4.69) is 167 Å². The number of benzene rings is 8. The van der Waals surface area contributed by atoms with E-state index in [1.807, 2.05) is 12.1 Å². The van der Waals surface area contributed by atoms with Gasteiger partial charge >= 0.3 is 0 Å². The maximum Gasteiger partial charge on any atom is 0.235 e. The van der Waals surface area contributed by atoms with E-state index in [0.29, 0.717) is 5.95 Å². The SMILES string of the molecule is c1ccc(-c2nc(-n3c4ccccc4c4ccc5c6c7oc8ccccc8c7ccc6n(-c6cccc7ccccc67)c5c43)nc3ccccc23)cc1. The molecule has 8 aromatic carbocycles. The summed E-state index contributed by atoms with van der Waals surface area (Å²) in [6.45, 7) is 0. The van der Waals surface area contributed by atoms with Crippen LogP contribution >= 0.6 is 0 Å². The lowest BCUT2D eigenvalue weighted by Crippen LogP contribution is -2.05. The van der Waals surface area contributed by atoms with E-state index >= 15 is 0 Å². The highest BCUT2D eigenvalue weighted by Crippen LogP contribution is 2.46. The van der Waals surface area contributed by atoms with Crippen LogP contribution in [0.1, 0.15) is 0 Å². The summed E-state index contributed by atoms with van der Waals surface area (Å²) in [6.07, 6.45) is 0. The largest absolute Gasteiger partial charge is 0.455 e. The van der Waals surface area contributed by atoms with Gasteiger partial charge in [-0.3, -0.25) is 4.57 Å². The van der Waals surface area contributed by atoms with Crippen LogP contribution in [0, 0.1) is 0 Å². The van der Waals surface area contributed by atoms with E-state index in [-0.39, 0.29) is 0 Å². The number of fused-ring (bicyclic) bond motifs is 13. The van der Waals surface area contributed by atoms with Crippen LogP contribution in [0.25, 0.3) is 110 Å². The minimum atomic E-state index is 0.630. The molecule has 0 aliphatic rings. The van der Waals surface area contributed by atoms with E-state index in [4.69, 9.17) is 14.4 Å². The Morgan fingerprint density at radius 1 is 0.415 bits per heavy atom. The van der Waals surface area contributed by atoms with Gasteiger partial charge in [0.05, 0.1) is 44.4 Å². The Hall–Kier alpha value is -7.24. The molecular formula is C48H28N4O. The van der Waals surface area contributed by atoms with E-state index in [1.165, 1.54) is 10.8 Å². The third-order valence-corrected chi connectivity index (χ3v) is 10.9. The van der Waals surface area contributed by atoms with Gasteiger partial charge in [0.2, 0.25) is 5.95 Å². The quantitative estimate of drug-likeness (QED) is 0.187. The molecule has 0 spiro atoms. The molecule has 0 aliphatic carbocycles. The number of hydrogen-bond acceptors (Lipinski definition) is 3. The van der Waals surface area contributed by atoms with Crippen molar-refractivity contribution in [3.05, 3.63) is 170 Å². The van der Waals surface area contributed by atoms with Gasteiger partial charge < -0.3 is 8.98 Å². The van der Waals surface area contributed by atoms with Gasteiger partial charge in [0, 0.05) is 43.3 Å². The van der Waals surface area contributed by atoms with Crippen LogP contribution < -0.4 is 0 Å². The Morgan fingerprint density at radius 3 is 2.00 bits per heavy atom. The molecule has 12 rings (SSSR count). The molecule has 5 nitrogen and oxygen atoms in total. The van der Waals surface area contributed by atoms with Gasteiger partial charge in [0.25, 0.3) is 0 Å². The number of rotatable bonds is 3. The number of furan rings is 1. The van der Waals surface area contributed by atoms with Crippen molar-refractivity contribution in [3.63, 3.8) is 0 Å². The van der Waals surface area contributed by atoms with Crippen LogP contribution in [-0.4, -0.2) is 19.1 Å². The van der Waals surface area contributed by atoms with Crippen LogP contribution in [0.15, 0.2) is 174 Å². The monoisotopic (exact) mass is 676 g/mol. The molecule has 0 amide bonds. The summed E-state index contributed by atoms with van der Waals surface area (Å²) in [6, 6.07) is 59.9. The lowest BCUT2D eigenvalue weighted by molar-refractivity contribution is 0.673. The van der Waals surface area contributed by atoms with Crippen LogP contribution in [-0.2, 0) is 0 Å². The maximum atomic E-state index is 6.76. The number of hydrogen-bond donors (Lipinski definition) is 0. The Bertz CT molecular complexity index is 3450. The maximum absolute atomic E-state index is 6.76. The summed E-state index contributed by atoms with van der Waals surface area (Å²) in [5.74, 6) is 0.630. The molecule has 0 N–H and O–H groups in total. The molecule has 0 fully saturated rings. The van der Waals surface area contributed by atoms with Crippen LogP contribution in [0.3, 0.4) is 0 Å². The topological polar surface area (TPSA) is 48.8 Å². The predicted molar refractivity (Wildman–Crippen MR) is 218 cm³/mol. The average Bonchev–Trinajstić information content (AvgIpc) is 3.88. The van der Waals surface area contributed by atoms with Crippen molar-refractivity contribution in [3.8, 4) is 22.9 Å². The molecule has 246 valence electrons. The first kappa shape index (κ1) is 28.5. The first-order valence-corrected chi connectivity index (χ1v) is 17.9. The van der Waals surface area contributed by atoms with E-state index in [1.54, 1.807) is 0 Å². The number of para-hydroxylation sites is 3. The molecule has 12 aromatic rings. The Labute approximate surface area is 302 Å². The molecule has 0 saturated carbocycles. The van der Waals surface area contributed by atoms with Crippen molar-refractivity contribution in [2.75, 3.05) is 0 Å². The molecular weight excluding hydrogens is 649 g/mol. The summed E-state index contributed by atoms with van der Waals surface area (Å²) < 4.78 is 11.5. The molecule has 0 aliphatic heterocycles. The van der Waals surface area contributed by atoms with Gasteiger partial charge in [-0.15, -0.1) is 0 Å². The van der Waals surface area contributed by atoms with E-state index < -0.39 is 0 Å². The summed E-state index contributed by atoms with van der Waals surface area (Å²) in [5, 5.41) is 10.1. The fourth-order valence-corrected chi connectivity index (χ4v) is 8.66. The smallest absolute Gasteiger partial charge is 0.235 e. The highest BCUT2D eigenvalue weighted by Gasteiger charge is 2.25. The third-order valence-electron chi connectivity index (χ3n) is 10.9. The Balaban J connectivity index is 1.33. The number of nitrogens with zero attached hydrogens (tertiary/aromatic N) is 4. The van der Waals surface area contributed by atoms with E-state index in [0.717, 1.165) is 93.4 Å². The normalized spacial score (nSPS) is 12.2. The van der Waals surface area contributed by atoms with Gasteiger partial charge in [0.15, 0.2) is 0 Å². The molecule has 0 unspecified atom stereocenters. The first-order chi connectivity index (χ1) is 26.3. The standard InChI is InChI=1S/C48H28N4O/c1-2-14-30(15-3-1)44-36-20-6-9-21-38(36)49-48(50-44)52-40-22-10-7-18-32(40)34-25-26-37-43-41(28-27-35-33-19-8-11-24-42(33)53-47(35)43)51(46(37)45(34)52)39-23-12-16-29-13-4-5-17-31(29)39/h1-28H. The van der Waals surface area contributed by atoms with Crippen LogP contribution in [0.5, 0.6) is 0 Å². The van der Waals surface area contributed by atoms with Crippen molar-refractivity contribution < 1.29 is 4.42 Å². The first-order valence-electron chi connectivity index (χ1n) is 17.9. The van der Waals surface area contributed by atoms with Crippen molar-refractivity contribution in [2.45, 2.75) is 0 Å². The summed E-state index contributed by atoms with van der Waals surface area (Å²) in [7, 11) is 0. The van der Waals surface area contributed by atoms with Gasteiger partial charge in [-0.2, -0.15) is 0 Å². The van der Waals surface area contributed by atoms with Crippen molar-refractivity contribution in [1.82, 2.24) is 19.1 Å². The van der Waals surface area contributed by atoms with Crippen molar-refractivity contribution >= 4 is 87.2 Å². The summed E-state index contributed by atoms with van der Waals surface area (Å²) in [5.41, 5.74) is 9.99. The van der Waals surface area contributed by atoms with Gasteiger partial charge in [-0.25, -0.2) is 9.97 Å². The minimum Gasteiger partial charge on any atom is -0.455 e. The molecule has 4 heterocycles. The molecule has 4 aromatic heterocycles. The predicted octanol–water partition coefficient (Wildman–Crippen LogP) is 12.5. The van der Waals surface area contributed by atoms with Gasteiger partial charge in [-0.05, 0) is 41.8 Å². The second-order valence-corrected chi connectivity index (χ2v) is 13.7. The molecule has 0 radical (unpaired) electrons. The zero-order valence-electron chi connectivity index (χ0n) is 28.4. The third kappa shape index (κ3) is 3.91. The molecule has 0 bridgehead atoms. The highest BCUT2D eigenvalue weighted by atomic mass is 16.3. The van der Waals surface area contributed by atoms with E-state index in [9.17, 15) is 0 Å². The zero-order valence-corrected chi connectivity index (χ0v) is 28.4. The highest BCUT2D eigenvalue weighted by molar-refractivity contribution is 6.29. The summed E-state index contributed by atoms with van der Waals surface area (Å²) in [4.78, 5) is 10.7. The molecule has 0 saturated heterocycles. The fraction of sp³-hybridized carbons (Fsp3) is 0. The molecule has 0 atom stereocenters. The average molecular weight is 677 g/mol. The Kier molecular flexibility index (Phi) is 5.71. The number of aromatic nitrogens is 4. The van der Waals surface area contributed by atoms with Crippen molar-refractivity contribution in [1.29, 1.82) is 0 Å². The Morgan fingerprint density at radius 2 is 1.09 bits per heavy atom. The second-order valence-electron chi connectivity index (χ2n) is 13.7. The van der Waals surface area contributed by atoms with Crippen LogP contribution in [0.4, 0.5) is 0 Å².